The summed E-state index contributed by atoms with van der Waals surface area (Å²) in [5.41, 5.74) is 2.48. The van der Waals surface area contributed by atoms with Crippen LogP contribution in [0.2, 0.25) is 0 Å². The van der Waals surface area contributed by atoms with E-state index in [-0.39, 0.29) is 0 Å². The van der Waals surface area contributed by atoms with Crippen molar-refractivity contribution in [3.63, 3.8) is 0 Å². The van der Waals surface area contributed by atoms with Gasteiger partial charge in [0.2, 0.25) is 11.7 Å². The number of carbonyl (C=O) groups excluding carboxylic acids is 1. The molecule has 1 atom stereocenters. The van der Waals surface area contributed by atoms with Gasteiger partial charge in [-0.05, 0) is 55.1 Å². The molecule has 0 aliphatic rings. The minimum absolute atomic E-state index is 0.442. The van der Waals surface area contributed by atoms with Gasteiger partial charge in [0, 0.05) is 18.2 Å². The van der Waals surface area contributed by atoms with Crippen LogP contribution in [0.5, 0.6) is 11.5 Å². The van der Waals surface area contributed by atoms with E-state index in [1.54, 1.807) is 14.0 Å². The van der Waals surface area contributed by atoms with E-state index in [0.29, 0.717) is 34.9 Å². The molecular formula is C23H26N4O5S. The molecule has 2 aromatic carbocycles. The standard InChI is InChI=1S/C23H26N4O5S/c1-6-31-19-13-16(9-12-18(19)29-3)20(22(33-5)26-23(28)30-4)25-17-10-7-15(8-11-17)21-24-14(2)32-27-21/h7-13,20,25H,6H2,1-5H3. The van der Waals surface area contributed by atoms with Crippen molar-refractivity contribution in [3.05, 3.63) is 53.9 Å². The van der Waals surface area contributed by atoms with Gasteiger partial charge in [-0.1, -0.05) is 11.2 Å². The van der Waals surface area contributed by atoms with Gasteiger partial charge in [-0.3, -0.25) is 0 Å². The fraction of sp³-hybridized carbons (Fsp3) is 0.304. The Bertz CT molecular complexity index is 1110. The smallest absolute Gasteiger partial charge is 0.434 e. The Kier molecular flexibility index (Phi) is 8.31. The van der Waals surface area contributed by atoms with E-state index < -0.39 is 12.1 Å². The molecule has 0 bridgehead atoms. The third-order valence-electron chi connectivity index (χ3n) is 4.63. The highest BCUT2D eigenvalue weighted by molar-refractivity contribution is 8.13. The Balaban J connectivity index is 1.98. The lowest BCUT2D eigenvalue weighted by Crippen LogP contribution is -2.20. The summed E-state index contributed by atoms with van der Waals surface area (Å²) in [6, 6.07) is 12.7. The van der Waals surface area contributed by atoms with E-state index in [2.05, 4.69) is 20.4 Å². The normalized spacial score (nSPS) is 12.2. The minimum atomic E-state index is -0.674. The van der Waals surface area contributed by atoms with Gasteiger partial charge in [-0.25, -0.2) is 4.79 Å². The zero-order valence-electron chi connectivity index (χ0n) is 19.1. The molecule has 1 aromatic heterocycles. The minimum Gasteiger partial charge on any atom is -0.493 e. The highest BCUT2D eigenvalue weighted by Gasteiger charge is 2.22. The van der Waals surface area contributed by atoms with E-state index in [0.717, 1.165) is 16.8 Å². The molecule has 0 radical (unpaired) electrons. The highest BCUT2D eigenvalue weighted by atomic mass is 32.2. The average Bonchev–Trinajstić information content (AvgIpc) is 3.27. The first-order valence-electron chi connectivity index (χ1n) is 10.2. The predicted molar refractivity (Wildman–Crippen MR) is 128 cm³/mol. The lowest BCUT2D eigenvalue weighted by Gasteiger charge is -2.22. The third-order valence-corrected chi connectivity index (χ3v) is 5.38. The Hall–Kier alpha value is -3.53. The molecule has 0 aliphatic carbocycles. The number of hydrogen-bond donors (Lipinski definition) is 1. The molecule has 1 heterocycles. The van der Waals surface area contributed by atoms with Crippen LogP contribution < -0.4 is 14.8 Å². The molecule has 0 saturated heterocycles. The van der Waals surface area contributed by atoms with Crippen molar-refractivity contribution in [3.8, 4) is 22.9 Å². The van der Waals surface area contributed by atoms with Gasteiger partial charge in [0.15, 0.2) is 11.5 Å². The number of thioether (sulfide) groups is 1. The van der Waals surface area contributed by atoms with Crippen molar-refractivity contribution < 1.29 is 23.5 Å². The first kappa shape index (κ1) is 24.1. The van der Waals surface area contributed by atoms with Gasteiger partial charge in [-0.2, -0.15) is 9.98 Å². The van der Waals surface area contributed by atoms with Crippen LogP contribution in [0.25, 0.3) is 11.4 Å². The van der Waals surface area contributed by atoms with Gasteiger partial charge in [0.05, 0.1) is 20.8 Å². The summed E-state index contributed by atoms with van der Waals surface area (Å²) >= 11 is 1.35. The maximum Gasteiger partial charge on any atom is 0.434 e. The molecular weight excluding hydrogens is 444 g/mol. The maximum absolute atomic E-state index is 11.9. The topological polar surface area (TPSA) is 108 Å². The van der Waals surface area contributed by atoms with Crippen LogP contribution in [0, 0.1) is 6.92 Å². The predicted octanol–water partition coefficient (Wildman–Crippen LogP) is 5.13. The molecule has 33 heavy (non-hydrogen) atoms. The molecule has 3 rings (SSSR count). The van der Waals surface area contributed by atoms with Gasteiger partial charge >= 0.3 is 6.09 Å². The van der Waals surface area contributed by atoms with E-state index in [4.69, 9.17) is 18.7 Å². The average molecular weight is 471 g/mol. The zero-order chi connectivity index (χ0) is 23.8. The van der Waals surface area contributed by atoms with E-state index in [9.17, 15) is 4.79 Å². The number of nitrogens with zero attached hydrogens (tertiary/aromatic N) is 3. The summed E-state index contributed by atoms with van der Waals surface area (Å²) in [4.78, 5) is 20.3. The number of amides is 1. The molecule has 3 aromatic rings. The van der Waals surface area contributed by atoms with E-state index in [1.165, 1.54) is 18.9 Å². The summed E-state index contributed by atoms with van der Waals surface area (Å²) in [6.45, 7) is 4.13. The number of rotatable bonds is 8. The van der Waals surface area contributed by atoms with E-state index in [1.807, 2.05) is 55.6 Å². The molecule has 10 heteroatoms. The Morgan fingerprint density at radius 3 is 2.52 bits per heavy atom. The molecule has 174 valence electrons. The second-order valence-electron chi connectivity index (χ2n) is 6.76. The number of nitrogens with one attached hydrogen (secondary N) is 1. The maximum atomic E-state index is 11.9. The number of anilines is 1. The fourth-order valence-electron chi connectivity index (χ4n) is 3.09. The van der Waals surface area contributed by atoms with Gasteiger partial charge < -0.3 is 24.1 Å². The number of ether oxygens (including phenoxy) is 3. The second kappa shape index (κ2) is 11.4. The molecule has 1 amide bonds. The van der Waals surface area contributed by atoms with Crippen LogP contribution in [0.15, 0.2) is 52.0 Å². The molecule has 1 unspecified atom stereocenters. The molecule has 0 spiro atoms. The summed E-state index contributed by atoms with van der Waals surface area (Å²) in [7, 11) is 2.89. The van der Waals surface area contributed by atoms with Gasteiger partial charge in [-0.15, -0.1) is 11.8 Å². The van der Waals surface area contributed by atoms with Crippen LogP contribution in [0.3, 0.4) is 0 Å². The van der Waals surface area contributed by atoms with Crippen LogP contribution in [-0.2, 0) is 4.74 Å². The summed E-state index contributed by atoms with van der Waals surface area (Å²) in [6.07, 6.45) is 1.18. The summed E-state index contributed by atoms with van der Waals surface area (Å²) in [5, 5.41) is 7.93. The van der Waals surface area contributed by atoms with Crippen molar-refractivity contribution >= 4 is 28.6 Å². The molecule has 9 nitrogen and oxygen atoms in total. The second-order valence-corrected chi connectivity index (χ2v) is 7.59. The Morgan fingerprint density at radius 1 is 1.18 bits per heavy atom. The fourth-order valence-corrected chi connectivity index (χ4v) is 3.69. The Labute approximate surface area is 196 Å². The summed E-state index contributed by atoms with van der Waals surface area (Å²) < 4.78 is 20.9. The number of aryl methyl sites for hydroxylation is 1. The molecule has 0 saturated carbocycles. The van der Waals surface area contributed by atoms with Crippen LogP contribution >= 0.6 is 11.8 Å². The van der Waals surface area contributed by atoms with Crippen molar-refractivity contribution in [1.82, 2.24) is 10.1 Å². The van der Waals surface area contributed by atoms with Crippen molar-refractivity contribution in [2.24, 2.45) is 4.99 Å². The van der Waals surface area contributed by atoms with Crippen molar-refractivity contribution in [2.75, 3.05) is 32.4 Å². The SMILES string of the molecule is CCOc1cc(C(Nc2ccc(-c3noc(C)n3)cc2)C(=NC(=O)OC)SC)ccc1OC. The number of hydrogen-bond acceptors (Lipinski definition) is 9. The van der Waals surface area contributed by atoms with Crippen LogP contribution in [0.4, 0.5) is 10.5 Å². The van der Waals surface area contributed by atoms with Crippen LogP contribution in [-0.4, -0.2) is 48.4 Å². The quantitative estimate of drug-likeness (QED) is 0.354. The van der Waals surface area contributed by atoms with Gasteiger partial charge in [0.25, 0.3) is 0 Å². The van der Waals surface area contributed by atoms with Crippen molar-refractivity contribution in [2.45, 2.75) is 19.9 Å². The lowest BCUT2D eigenvalue weighted by atomic mass is 10.1. The zero-order valence-corrected chi connectivity index (χ0v) is 19.9. The number of carbonyl (C=O) groups is 1. The van der Waals surface area contributed by atoms with Crippen molar-refractivity contribution in [1.29, 1.82) is 0 Å². The first-order valence-corrected chi connectivity index (χ1v) is 11.4. The first-order chi connectivity index (χ1) is 16.0. The third kappa shape index (κ3) is 6.04. The molecule has 1 N–H and O–H groups in total. The molecule has 0 aliphatic heterocycles. The monoisotopic (exact) mass is 470 g/mol. The largest absolute Gasteiger partial charge is 0.493 e. The van der Waals surface area contributed by atoms with Gasteiger partial charge in [0.1, 0.15) is 11.1 Å². The Morgan fingerprint density at radius 2 is 1.94 bits per heavy atom. The van der Waals surface area contributed by atoms with Crippen LogP contribution in [0.1, 0.15) is 24.4 Å². The number of methoxy groups -OCH3 is 2. The summed E-state index contributed by atoms with van der Waals surface area (Å²) in [5.74, 6) is 2.24. The molecule has 0 fully saturated rings. The number of benzene rings is 2. The van der Waals surface area contributed by atoms with E-state index >= 15 is 0 Å². The number of aromatic nitrogens is 2. The lowest BCUT2D eigenvalue weighted by molar-refractivity contribution is 0.182. The highest BCUT2D eigenvalue weighted by Crippen LogP contribution is 2.34. The number of aliphatic imine (C=N–C) groups is 1.